The second kappa shape index (κ2) is 6.49. The molecular weight excluding hydrogens is 353 g/mol. The average molecular weight is 371 g/mol. The molecule has 1 saturated carbocycles. The van der Waals surface area contributed by atoms with Crippen LogP contribution in [0.5, 0.6) is 11.8 Å². The van der Waals surface area contributed by atoms with Gasteiger partial charge in [0.05, 0.1) is 37.5 Å². The van der Waals surface area contributed by atoms with Crippen LogP contribution in [0.4, 0.5) is 10.2 Å². The fraction of sp³-hybridized carbons (Fsp3) is 0.333. The third-order valence-corrected chi connectivity index (χ3v) is 4.65. The van der Waals surface area contributed by atoms with Gasteiger partial charge in [-0.25, -0.2) is 19.3 Å². The van der Waals surface area contributed by atoms with E-state index in [0.717, 1.165) is 16.6 Å². The van der Waals surface area contributed by atoms with Crippen LogP contribution in [0, 0.1) is 5.92 Å². The molecule has 140 valence electrons. The maximum atomic E-state index is 13.0. The first-order chi connectivity index (χ1) is 13.0. The molecule has 1 amide bonds. The predicted molar refractivity (Wildman–Crippen MR) is 96.5 cm³/mol. The van der Waals surface area contributed by atoms with Crippen LogP contribution in [-0.2, 0) is 11.8 Å². The molecule has 1 N–H and O–H groups in total. The lowest BCUT2D eigenvalue weighted by molar-refractivity contribution is -0.117. The Morgan fingerprint density at radius 1 is 1.22 bits per heavy atom. The van der Waals surface area contributed by atoms with Crippen molar-refractivity contribution in [1.29, 1.82) is 0 Å². The highest BCUT2D eigenvalue weighted by molar-refractivity contribution is 5.96. The lowest BCUT2D eigenvalue weighted by Gasteiger charge is -2.11. The van der Waals surface area contributed by atoms with Gasteiger partial charge in [-0.05, 0) is 18.6 Å². The number of halogens is 1. The fourth-order valence-electron chi connectivity index (χ4n) is 3.08. The Bertz CT molecular complexity index is 1010. The third-order valence-electron chi connectivity index (χ3n) is 4.65. The van der Waals surface area contributed by atoms with E-state index in [0.29, 0.717) is 23.1 Å². The van der Waals surface area contributed by atoms with Crippen molar-refractivity contribution in [2.24, 2.45) is 13.0 Å². The van der Waals surface area contributed by atoms with Crippen LogP contribution in [0.3, 0.4) is 0 Å². The summed E-state index contributed by atoms with van der Waals surface area (Å²) in [6.45, 7) is 0. The maximum Gasteiger partial charge on any atom is 0.231 e. The molecule has 0 saturated heterocycles. The number of anilines is 1. The number of rotatable bonds is 5. The summed E-state index contributed by atoms with van der Waals surface area (Å²) >= 11 is 0. The molecule has 1 aliphatic carbocycles. The molecule has 0 bridgehead atoms. The molecule has 1 fully saturated rings. The first-order valence-corrected chi connectivity index (χ1v) is 8.37. The van der Waals surface area contributed by atoms with E-state index in [-0.39, 0.29) is 12.3 Å². The van der Waals surface area contributed by atoms with Crippen LogP contribution in [0.15, 0.2) is 24.7 Å². The standard InChI is InChI=1S/C18H18FN5O3/c1-24-12(15-17(26-2)21-8-22-18(15)27-3)4-9-5-14(20-7-13(9)24)23-16(25)10-6-11(10)19/h4-5,7-8,10-11H,6H2,1-3H3,(H,20,23,25)/t10-,11?/m0/s1. The second-order valence-electron chi connectivity index (χ2n) is 6.33. The van der Waals surface area contributed by atoms with Crippen molar-refractivity contribution in [2.45, 2.75) is 12.6 Å². The first-order valence-electron chi connectivity index (χ1n) is 8.37. The number of hydrogen-bond donors (Lipinski definition) is 1. The van der Waals surface area contributed by atoms with Gasteiger partial charge in [-0.3, -0.25) is 4.79 Å². The molecule has 3 aromatic heterocycles. The number of nitrogens with zero attached hydrogens (tertiary/aromatic N) is 4. The Morgan fingerprint density at radius 2 is 1.89 bits per heavy atom. The highest BCUT2D eigenvalue weighted by Gasteiger charge is 2.43. The molecule has 2 atom stereocenters. The molecule has 1 unspecified atom stereocenters. The number of carbonyl (C=O) groups is 1. The Kier molecular flexibility index (Phi) is 4.14. The molecule has 0 spiro atoms. The normalized spacial score (nSPS) is 18.4. The Labute approximate surface area is 154 Å². The van der Waals surface area contributed by atoms with Crippen molar-refractivity contribution < 1.29 is 18.7 Å². The second-order valence-corrected chi connectivity index (χ2v) is 6.33. The summed E-state index contributed by atoms with van der Waals surface area (Å²) in [6, 6.07) is 3.65. The lowest BCUT2D eigenvalue weighted by Crippen LogP contribution is -2.15. The molecule has 9 heteroatoms. The van der Waals surface area contributed by atoms with E-state index in [9.17, 15) is 9.18 Å². The van der Waals surface area contributed by atoms with Crippen LogP contribution >= 0.6 is 0 Å². The van der Waals surface area contributed by atoms with Crippen LogP contribution in [0.2, 0.25) is 0 Å². The zero-order valence-electron chi connectivity index (χ0n) is 15.1. The van der Waals surface area contributed by atoms with E-state index >= 15 is 0 Å². The van der Waals surface area contributed by atoms with Crippen molar-refractivity contribution in [2.75, 3.05) is 19.5 Å². The molecule has 0 aliphatic heterocycles. The summed E-state index contributed by atoms with van der Waals surface area (Å²) in [4.78, 5) is 24.5. The quantitative estimate of drug-likeness (QED) is 0.740. The van der Waals surface area contributed by atoms with Crippen LogP contribution in [-0.4, -0.2) is 45.8 Å². The largest absolute Gasteiger partial charge is 0.480 e. The van der Waals surface area contributed by atoms with Crippen LogP contribution in [0.25, 0.3) is 22.2 Å². The first kappa shape index (κ1) is 17.2. The summed E-state index contributed by atoms with van der Waals surface area (Å²) in [5, 5.41) is 3.51. The van der Waals surface area contributed by atoms with E-state index in [1.54, 1.807) is 12.3 Å². The highest BCUT2D eigenvalue weighted by atomic mass is 19.1. The molecule has 0 aromatic carbocycles. The SMILES string of the molecule is COc1ncnc(OC)c1-c1cc2cc(NC(=O)[C@H]3CC3F)ncc2n1C. The summed E-state index contributed by atoms with van der Waals surface area (Å²) in [5.74, 6) is 0.245. The minimum atomic E-state index is -1.05. The number of fused-ring (bicyclic) bond motifs is 1. The van der Waals surface area contributed by atoms with Crippen molar-refractivity contribution in [1.82, 2.24) is 19.5 Å². The molecule has 0 radical (unpaired) electrons. The number of methoxy groups -OCH3 is 2. The van der Waals surface area contributed by atoms with Crippen molar-refractivity contribution in [3.63, 3.8) is 0 Å². The van der Waals surface area contributed by atoms with Gasteiger partial charge in [-0.2, -0.15) is 0 Å². The average Bonchev–Trinajstić information content (AvgIpc) is 3.33. The van der Waals surface area contributed by atoms with Gasteiger partial charge in [0.15, 0.2) is 0 Å². The fourth-order valence-corrected chi connectivity index (χ4v) is 3.08. The molecule has 3 aromatic rings. The number of alkyl halides is 1. The molecule has 1 aliphatic rings. The number of nitrogens with one attached hydrogen (secondary N) is 1. The van der Waals surface area contributed by atoms with Gasteiger partial charge in [-0.1, -0.05) is 0 Å². The van der Waals surface area contributed by atoms with Crippen molar-refractivity contribution >= 4 is 22.6 Å². The van der Waals surface area contributed by atoms with Gasteiger partial charge in [0.25, 0.3) is 0 Å². The molecule has 4 rings (SSSR count). The number of aryl methyl sites for hydroxylation is 1. The summed E-state index contributed by atoms with van der Waals surface area (Å²) < 4.78 is 25.7. The Hall–Kier alpha value is -3.23. The Morgan fingerprint density at radius 3 is 2.48 bits per heavy atom. The van der Waals surface area contributed by atoms with Crippen LogP contribution in [0.1, 0.15) is 6.42 Å². The van der Waals surface area contributed by atoms with E-state index in [1.165, 1.54) is 20.5 Å². The summed E-state index contributed by atoms with van der Waals surface area (Å²) in [5.41, 5.74) is 2.23. The Balaban J connectivity index is 1.75. The van der Waals surface area contributed by atoms with E-state index in [2.05, 4.69) is 20.3 Å². The topological polar surface area (TPSA) is 91.2 Å². The molecule has 3 heterocycles. The third kappa shape index (κ3) is 2.94. The number of amides is 1. The van der Waals surface area contributed by atoms with Gasteiger partial charge >= 0.3 is 0 Å². The van der Waals surface area contributed by atoms with E-state index in [4.69, 9.17) is 9.47 Å². The molecule has 27 heavy (non-hydrogen) atoms. The maximum absolute atomic E-state index is 13.0. The van der Waals surface area contributed by atoms with Gasteiger partial charge in [0, 0.05) is 12.4 Å². The van der Waals surface area contributed by atoms with E-state index in [1.807, 2.05) is 17.7 Å². The summed E-state index contributed by atoms with van der Waals surface area (Å²) in [6.07, 6.45) is 2.25. The highest BCUT2D eigenvalue weighted by Crippen LogP contribution is 2.38. The molecular formula is C18H18FN5O3. The smallest absolute Gasteiger partial charge is 0.231 e. The zero-order valence-corrected chi connectivity index (χ0v) is 15.1. The number of aromatic nitrogens is 4. The van der Waals surface area contributed by atoms with Gasteiger partial charge in [-0.15, -0.1) is 0 Å². The summed E-state index contributed by atoms with van der Waals surface area (Å²) in [7, 11) is 4.93. The van der Waals surface area contributed by atoms with Crippen molar-refractivity contribution in [3.8, 4) is 23.0 Å². The number of carbonyl (C=O) groups excluding carboxylic acids is 1. The van der Waals surface area contributed by atoms with Gasteiger partial charge in [0.1, 0.15) is 23.9 Å². The van der Waals surface area contributed by atoms with Gasteiger partial charge in [0.2, 0.25) is 17.7 Å². The van der Waals surface area contributed by atoms with Gasteiger partial charge < -0.3 is 19.4 Å². The van der Waals surface area contributed by atoms with E-state index < -0.39 is 12.1 Å². The van der Waals surface area contributed by atoms with Crippen molar-refractivity contribution in [3.05, 3.63) is 24.7 Å². The monoisotopic (exact) mass is 371 g/mol. The number of ether oxygens (including phenoxy) is 2. The lowest BCUT2D eigenvalue weighted by atomic mass is 10.2. The number of hydrogen-bond acceptors (Lipinski definition) is 6. The number of pyridine rings is 1. The zero-order chi connectivity index (χ0) is 19.1. The van der Waals surface area contributed by atoms with Crippen LogP contribution < -0.4 is 14.8 Å². The minimum Gasteiger partial charge on any atom is -0.480 e. The predicted octanol–water partition coefficient (Wildman–Crippen LogP) is 2.34. The molecule has 8 nitrogen and oxygen atoms in total. The minimum absolute atomic E-state index is 0.275.